The van der Waals surface area contributed by atoms with Crippen molar-refractivity contribution in [2.75, 3.05) is 19.0 Å². The minimum Gasteiger partial charge on any atom is -0.383 e. The molecule has 0 fully saturated rings. The highest BCUT2D eigenvalue weighted by Gasteiger charge is 2.11. The molecule has 1 aromatic carbocycles. The van der Waals surface area contributed by atoms with E-state index in [1.54, 1.807) is 7.11 Å². The number of benzene rings is 1. The van der Waals surface area contributed by atoms with Crippen LogP contribution in [0.4, 0.5) is 5.69 Å². The van der Waals surface area contributed by atoms with Crippen molar-refractivity contribution in [2.45, 2.75) is 19.9 Å². The number of ether oxygens (including phenoxy) is 1. The number of anilines is 1. The largest absolute Gasteiger partial charge is 0.383 e. The molecule has 2 rings (SSSR count). The highest BCUT2D eigenvalue weighted by molar-refractivity contribution is 6.03. The molecule has 1 N–H and O–H groups in total. The predicted molar refractivity (Wildman–Crippen MR) is 84.1 cm³/mol. The number of hydrogen-bond donors (Lipinski definition) is 1. The summed E-state index contributed by atoms with van der Waals surface area (Å²) in [5.74, 6) is -0.341. The smallest absolute Gasteiger partial charge is 0.276 e. The zero-order chi connectivity index (χ0) is 15.9. The minimum atomic E-state index is -0.341. The molecule has 6 nitrogen and oxygen atoms in total. The van der Waals surface area contributed by atoms with Crippen LogP contribution in [-0.4, -0.2) is 29.4 Å². The van der Waals surface area contributed by atoms with Crippen LogP contribution in [0.2, 0.25) is 0 Å². The zero-order valence-corrected chi connectivity index (χ0v) is 12.7. The van der Waals surface area contributed by atoms with E-state index in [-0.39, 0.29) is 17.2 Å². The lowest BCUT2D eigenvalue weighted by Gasteiger charge is -2.10. The summed E-state index contributed by atoms with van der Waals surface area (Å²) in [6.45, 7) is 2.69. The lowest BCUT2D eigenvalue weighted by Crippen LogP contribution is -2.27. The first-order chi connectivity index (χ1) is 10.7. The summed E-state index contributed by atoms with van der Waals surface area (Å²) in [7, 11) is 1.54. The summed E-state index contributed by atoms with van der Waals surface area (Å²) < 4.78 is 6.15. The van der Waals surface area contributed by atoms with Crippen molar-refractivity contribution in [1.29, 1.82) is 0 Å². The molecule has 0 spiro atoms. The van der Waals surface area contributed by atoms with E-state index in [0.29, 0.717) is 13.2 Å². The highest BCUT2D eigenvalue weighted by atomic mass is 16.5. The van der Waals surface area contributed by atoms with Crippen molar-refractivity contribution in [3.8, 4) is 0 Å². The van der Waals surface area contributed by atoms with Crippen LogP contribution >= 0.6 is 0 Å². The van der Waals surface area contributed by atoms with Crippen molar-refractivity contribution in [3.05, 3.63) is 58.0 Å². The quantitative estimate of drug-likeness (QED) is 0.881. The average molecular weight is 301 g/mol. The first kappa shape index (κ1) is 15.9. The molecule has 0 aliphatic heterocycles. The fraction of sp³-hybridized carbons (Fsp3) is 0.312. The van der Waals surface area contributed by atoms with Crippen LogP contribution in [0.1, 0.15) is 23.0 Å². The molecule has 1 amide bonds. The third-order valence-corrected chi connectivity index (χ3v) is 3.25. The van der Waals surface area contributed by atoms with E-state index >= 15 is 0 Å². The Bertz CT molecular complexity index is 710. The monoisotopic (exact) mass is 301 g/mol. The standard InChI is InChI=1S/C16H19N3O3/c1-3-12-6-4-5-7-13(12)17-16(21)14-8-9-15(20)19(18-14)10-11-22-2/h4-9H,3,10-11H2,1-2H3,(H,17,21). The predicted octanol–water partition coefficient (Wildman–Crippen LogP) is 1.70. The number of rotatable bonds is 6. The Morgan fingerprint density at radius 1 is 1.27 bits per heavy atom. The Morgan fingerprint density at radius 3 is 2.77 bits per heavy atom. The van der Waals surface area contributed by atoms with E-state index in [1.807, 2.05) is 31.2 Å². The molecule has 22 heavy (non-hydrogen) atoms. The summed E-state index contributed by atoms with van der Waals surface area (Å²) in [6, 6.07) is 10.4. The van der Waals surface area contributed by atoms with Crippen LogP contribution in [0.3, 0.4) is 0 Å². The number of hydrogen-bond acceptors (Lipinski definition) is 4. The van der Waals surface area contributed by atoms with Gasteiger partial charge in [0.2, 0.25) is 0 Å². The van der Waals surface area contributed by atoms with Gasteiger partial charge in [-0.15, -0.1) is 0 Å². The summed E-state index contributed by atoms with van der Waals surface area (Å²) in [6.07, 6.45) is 0.817. The van der Waals surface area contributed by atoms with Gasteiger partial charge in [-0.3, -0.25) is 9.59 Å². The molecule has 1 aromatic heterocycles. The molecule has 6 heteroatoms. The number of nitrogens with one attached hydrogen (secondary N) is 1. The first-order valence-corrected chi connectivity index (χ1v) is 7.12. The number of carbonyl (C=O) groups excluding carboxylic acids is 1. The maximum absolute atomic E-state index is 12.3. The molecule has 0 saturated carbocycles. The van der Waals surface area contributed by atoms with E-state index < -0.39 is 0 Å². The summed E-state index contributed by atoms with van der Waals surface area (Å²) >= 11 is 0. The molecule has 0 radical (unpaired) electrons. The second kappa shape index (κ2) is 7.51. The Balaban J connectivity index is 2.20. The molecule has 0 saturated heterocycles. The second-order valence-electron chi connectivity index (χ2n) is 4.74. The molecule has 0 aliphatic rings. The molecule has 116 valence electrons. The van der Waals surface area contributed by atoms with Crippen molar-refractivity contribution in [3.63, 3.8) is 0 Å². The Labute approximate surface area is 128 Å². The maximum atomic E-state index is 12.3. The van der Waals surface area contributed by atoms with E-state index in [1.165, 1.54) is 16.8 Å². The lowest BCUT2D eigenvalue weighted by atomic mass is 10.1. The van der Waals surface area contributed by atoms with Crippen LogP contribution in [-0.2, 0) is 17.7 Å². The molecular formula is C16H19N3O3. The van der Waals surface area contributed by atoms with Crippen molar-refractivity contribution >= 4 is 11.6 Å². The fourth-order valence-electron chi connectivity index (χ4n) is 2.04. The van der Waals surface area contributed by atoms with Gasteiger partial charge < -0.3 is 10.1 Å². The van der Waals surface area contributed by atoms with E-state index in [2.05, 4.69) is 10.4 Å². The first-order valence-electron chi connectivity index (χ1n) is 7.12. The molecule has 0 atom stereocenters. The number of amides is 1. The van der Waals surface area contributed by atoms with Crippen molar-refractivity contribution in [1.82, 2.24) is 9.78 Å². The van der Waals surface area contributed by atoms with Gasteiger partial charge in [0, 0.05) is 18.9 Å². The Morgan fingerprint density at radius 2 is 2.05 bits per heavy atom. The van der Waals surface area contributed by atoms with Crippen molar-refractivity contribution in [2.24, 2.45) is 0 Å². The van der Waals surface area contributed by atoms with Crippen LogP contribution in [0, 0.1) is 0 Å². The van der Waals surface area contributed by atoms with Gasteiger partial charge in [0.1, 0.15) is 5.69 Å². The van der Waals surface area contributed by atoms with E-state index in [4.69, 9.17) is 4.74 Å². The third-order valence-electron chi connectivity index (χ3n) is 3.25. The van der Waals surface area contributed by atoms with Gasteiger partial charge >= 0.3 is 0 Å². The summed E-state index contributed by atoms with van der Waals surface area (Å²) in [5.41, 5.74) is 1.74. The normalized spacial score (nSPS) is 10.5. The minimum absolute atomic E-state index is 0.196. The number of para-hydroxylation sites is 1. The molecule has 0 aliphatic carbocycles. The van der Waals surface area contributed by atoms with Gasteiger partial charge in [0.05, 0.1) is 13.2 Å². The van der Waals surface area contributed by atoms with E-state index in [0.717, 1.165) is 17.7 Å². The van der Waals surface area contributed by atoms with Gasteiger partial charge in [0.25, 0.3) is 11.5 Å². The molecule has 0 unspecified atom stereocenters. The Hall–Kier alpha value is -2.47. The highest BCUT2D eigenvalue weighted by Crippen LogP contribution is 2.16. The van der Waals surface area contributed by atoms with Crippen LogP contribution in [0.5, 0.6) is 0 Å². The molecule has 1 heterocycles. The fourth-order valence-corrected chi connectivity index (χ4v) is 2.04. The summed E-state index contributed by atoms with van der Waals surface area (Å²) in [4.78, 5) is 24.0. The SMILES string of the molecule is CCc1ccccc1NC(=O)c1ccc(=O)n(CCOC)n1. The second-order valence-corrected chi connectivity index (χ2v) is 4.74. The van der Waals surface area contributed by atoms with E-state index in [9.17, 15) is 9.59 Å². The Kier molecular flexibility index (Phi) is 5.43. The maximum Gasteiger partial charge on any atom is 0.276 e. The van der Waals surface area contributed by atoms with Gasteiger partial charge in [-0.2, -0.15) is 5.10 Å². The number of aromatic nitrogens is 2. The molecular weight excluding hydrogens is 282 g/mol. The van der Waals surface area contributed by atoms with Gasteiger partial charge in [-0.05, 0) is 24.1 Å². The third kappa shape index (κ3) is 3.79. The van der Waals surface area contributed by atoms with Crippen LogP contribution in [0.25, 0.3) is 0 Å². The van der Waals surface area contributed by atoms with Gasteiger partial charge in [0.15, 0.2) is 0 Å². The number of nitrogens with zero attached hydrogens (tertiary/aromatic N) is 2. The number of methoxy groups -OCH3 is 1. The van der Waals surface area contributed by atoms with Gasteiger partial charge in [-0.25, -0.2) is 4.68 Å². The van der Waals surface area contributed by atoms with Crippen molar-refractivity contribution < 1.29 is 9.53 Å². The zero-order valence-electron chi connectivity index (χ0n) is 12.7. The van der Waals surface area contributed by atoms with Crippen LogP contribution < -0.4 is 10.9 Å². The average Bonchev–Trinajstić information content (AvgIpc) is 2.54. The number of aryl methyl sites for hydroxylation is 1. The summed E-state index contributed by atoms with van der Waals surface area (Å²) in [5, 5.41) is 6.91. The molecule has 2 aromatic rings. The van der Waals surface area contributed by atoms with Gasteiger partial charge in [-0.1, -0.05) is 25.1 Å². The number of carbonyl (C=O) groups is 1. The molecule has 0 bridgehead atoms. The van der Waals surface area contributed by atoms with Crippen LogP contribution in [0.15, 0.2) is 41.2 Å². The lowest BCUT2D eigenvalue weighted by molar-refractivity contribution is 0.101. The topological polar surface area (TPSA) is 73.2 Å².